The van der Waals surface area contributed by atoms with Crippen molar-refractivity contribution in [2.45, 2.75) is 32.0 Å². The molecule has 0 aliphatic carbocycles. The molecule has 27 heavy (non-hydrogen) atoms. The zero-order valence-electron chi connectivity index (χ0n) is 15.3. The van der Waals surface area contributed by atoms with Crippen molar-refractivity contribution in [3.8, 4) is 0 Å². The van der Waals surface area contributed by atoms with E-state index in [9.17, 15) is 0 Å². The zero-order chi connectivity index (χ0) is 18.6. The largest absolute Gasteiger partial charge is 0.352 e. The van der Waals surface area contributed by atoms with Crippen LogP contribution in [0.1, 0.15) is 42.4 Å². The van der Waals surface area contributed by atoms with Crippen LogP contribution in [0.25, 0.3) is 0 Å². The third-order valence-electron chi connectivity index (χ3n) is 4.91. The maximum Gasteiger partial charge on any atom is 0.170 e. The van der Waals surface area contributed by atoms with E-state index < -0.39 is 0 Å². The minimum absolute atomic E-state index is 0.0350. The molecule has 138 valence electrons. The molecule has 0 spiro atoms. The Hall–Kier alpha value is -2.73. The molecule has 0 amide bonds. The average Bonchev–Trinajstić information content (AvgIpc) is 3.28. The Kier molecular flexibility index (Phi) is 5.16. The van der Waals surface area contributed by atoms with Crippen molar-refractivity contribution in [2.24, 2.45) is 0 Å². The molecular formula is C21H23N5S. The van der Waals surface area contributed by atoms with E-state index in [0.717, 1.165) is 30.3 Å². The molecule has 4 rings (SSSR count). The van der Waals surface area contributed by atoms with Crippen LogP contribution in [0.2, 0.25) is 0 Å². The van der Waals surface area contributed by atoms with Crippen molar-refractivity contribution in [2.75, 3.05) is 6.54 Å². The maximum atomic E-state index is 5.67. The summed E-state index contributed by atoms with van der Waals surface area (Å²) >= 11 is 5.67. The van der Waals surface area contributed by atoms with E-state index in [1.807, 2.05) is 30.6 Å². The number of hydrogen-bond donors (Lipinski definition) is 1. The first-order chi connectivity index (χ1) is 13.3. The van der Waals surface area contributed by atoms with Gasteiger partial charge in [0.1, 0.15) is 0 Å². The maximum absolute atomic E-state index is 5.67. The lowest BCUT2D eigenvalue weighted by molar-refractivity contribution is 0.304. The third-order valence-corrected chi connectivity index (χ3v) is 5.26. The summed E-state index contributed by atoms with van der Waals surface area (Å²) in [5.74, 6) is 0. The third kappa shape index (κ3) is 3.57. The predicted molar refractivity (Wildman–Crippen MR) is 110 cm³/mol. The molecule has 2 unspecified atom stereocenters. The van der Waals surface area contributed by atoms with Crippen molar-refractivity contribution < 1.29 is 0 Å². The summed E-state index contributed by atoms with van der Waals surface area (Å²) in [5.41, 5.74) is 3.42. The van der Waals surface area contributed by atoms with Crippen molar-refractivity contribution >= 4 is 17.3 Å². The Bertz CT molecular complexity index is 893. The van der Waals surface area contributed by atoms with Crippen LogP contribution in [0, 0.1) is 0 Å². The molecule has 5 nitrogen and oxygen atoms in total. The SMILES string of the molecule is CCCN1C(=S)NC(c2ccccn2)C1c1cccn1Cc1cccnc1. The van der Waals surface area contributed by atoms with Crippen LogP contribution in [0.4, 0.5) is 0 Å². The van der Waals surface area contributed by atoms with Gasteiger partial charge < -0.3 is 14.8 Å². The molecule has 1 aliphatic heterocycles. The first-order valence-corrected chi connectivity index (χ1v) is 9.70. The smallest absolute Gasteiger partial charge is 0.170 e. The summed E-state index contributed by atoms with van der Waals surface area (Å²) in [6.07, 6.45) is 8.73. The van der Waals surface area contributed by atoms with Crippen molar-refractivity contribution in [1.29, 1.82) is 0 Å². The van der Waals surface area contributed by atoms with Gasteiger partial charge in [0.15, 0.2) is 5.11 Å². The molecule has 0 bridgehead atoms. The molecular weight excluding hydrogens is 354 g/mol. The average molecular weight is 378 g/mol. The molecule has 0 saturated carbocycles. The van der Waals surface area contributed by atoms with E-state index in [2.05, 4.69) is 62.1 Å². The predicted octanol–water partition coefficient (Wildman–Crippen LogP) is 3.71. The summed E-state index contributed by atoms with van der Waals surface area (Å²) in [4.78, 5) is 11.1. The normalized spacial score (nSPS) is 19.3. The lowest BCUT2D eigenvalue weighted by atomic mass is 10.0. The second kappa shape index (κ2) is 7.88. The van der Waals surface area contributed by atoms with Gasteiger partial charge in [0.25, 0.3) is 0 Å². The zero-order valence-corrected chi connectivity index (χ0v) is 16.1. The van der Waals surface area contributed by atoms with Gasteiger partial charge in [0.2, 0.25) is 0 Å². The number of thiocarbonyl (C=S) groups is 1. The fourth-order valence-electron chi connectivity index (χ4n) is 3.74. The summed E-state index contributed by atoms with van der Waals surface area (Å²) in [6, 6.07) is 14.6. The molecule has 4 heterocycles. The summed E-state index contributed by atoms with van der Waals surface area (Å²) in [5, 5.41) is 4.30. The van der Waals surface area contributed by atoms with Crippen LogP contribution in [-0.2, 0) is 6.54 Å². The van der Waals surface area contributed by atoms with E-state index in [1.54, 1.807) is 6.20 Å². The Balaban J connectivity index is 1.72. The number of aromatic nitrogens is 3. The van der Waals surface area contributed by atoms with Gasteiger partial charge in [-0.2, -0.15) is 0 Å². The van der Waals surface area contributed by atoms with Crippen molar-refractivity contribution in [3.63, 3.8) is 0 Å². The lowest BCUT2D eigenvalue weighted by Crippen LogP contribution is -2.31. The standard InChI is InChI=1S/C21H23N5S/c1-2-12-26-20(19(24-21(26)27)17-8-3-4-11-23-17)18-9-6-13-25(18)15-16-7-5-10-22-14-16/h3-11,13-14,19-20H,2,12,15H2,1H3,(H,24,27). The van der Waals surface area contributed by atoms with Gasteiger partial charge in [-0.1, -0.05) is 19.1 Å². The van der Waals surface area contributed by atoms with Gasteiger partial charge in [-0.05, 0) is 54.5 Å². The molecule has 1 aliphatic rings. The van der Waals surface area contributed by atoms with Gasteiger partial charge >= 0.3 is 0 Å². The fraction of sp³-hybridized carbons (Fsp3) is 0.286. The fourth-order valence-corrected chi connectivity index (χ4v) is 4.07. The lowest BCUT2D eigenvalue weighted by Gasteiger charge is -2.28. The first-order valence-electron chi connectivity index (χ1n) is 9.30. The van der Waals surface area contributed by atoms with Gasteiger partial charge in [0.05, 0.1) is 17.8 Å². The highest BCUT2D eigenvalue weighted by Gasteiger charge is 2.40. The number of hydrogen-bond acceptors (Lipinski definition) is 3. The van der Waals surface area contributed by atoms with E-state index in [1.165, 1.54) is 11.3 Å². The Labute approximate surface area is 165 Å². The highest BCUT2D eigenvalue weighted by Crippen LogP contribution is 2.38. The van der Waals surface area contributed by atoms with Gasteiger partial charge in [-0.25, -0.2) is 0 Å². The topological polar surface area (TPSA) is 46.0 Å². The molecule has 2 atom stereocenters. The van der Waals surface area contributed by atoms with Crippen LogP contribution in [0.3, 0.4) is 0 Å². The molecule has 1 fully saturated rings. The molecule has 6 heteroatoms. The molecule has 0 aromatic carbocycles. The van der Waals surface area contributed by atoms with E-state index >= 15 is 0 Å². The molecule has 1 saturated heterocycles. The highest BCUT2D eigenvalue weighted by atomic mass is 32.1. The van der Waals surface area contributed by atoms with Gasteiger partial charge in [0, 0.05) is 43.6 Å². The van der Waals surface area contributed by atoms with Gasteiger partial charge in [-0.3, -0.25) is 9.97 Å². The molecule has 1 N–H and O–H groups in total. The van der Waals surface area contributed by atoms with Crippen LogP contribution in [-0.4, -0.2) is 31.1 Å². The van der Waals surface area contributed by atoms with Crippen molar-refractivity contribution in [1.82, 2.24) is 24.8 Å². The summed E-state index contributed by atoms with van der Waals surface area (Å²) in [6.45, 7) is 3.88. The second-order valence-electron chi connectivity index (χ2n) is 6.74. The van der Waals surface area contributed by atoms with Crippen LogP contribution in [0.5, 0.6) is 0 Å². The van der Waals surface area contributed by atoms with Crippen LogP contribution >= 0.6 is 12.2 Å². The minimum atomic E-state index is 0.0350. The monoisotopic (exact) mass is 377 g/mol. The van der Waals surface area contributed by atoms with Crippen molar-refractivity contribution in [3.05, 3.63) is 84.2 Å². The highest BCUT2D eigenvalue weighted by molar-refractivity contribution is 7.80. The Morgan fingerprint density at radius 3 is 2.78 bits per heavy atom. The second-order valence-corrected chi connectivity index (χ2v) is 7.13. The quantitative estimate of drug-likeness (QED) is 0.664. The van der Waals surface area contributed by atoms with E-state index in [4.69, 9.17) is 12.2 Å². The number of rotatable bonds is 6. The van der Waals surface area contributed by atoms with E-state index in [0.29, 0.717) is 0 Å². The molecule has 0 radical (unpaired) electrons. The molecule has 3 aromatic rings. The van der Waals surface area contributed by atoms with Gasteiger partial charge in [-0.15, -0.1) is 0 Å². The molecule has 3 aromatic heterocycles. The summed E-state index contributed by atoms with van der Waals surface area (Å²) in [7, 11) is 0. The van der Waals surface area contributed by atoms with E-state index in [-0.39, 0.29) is 12.1 Å². The first kappa shape index (κ1) is 17.7. The number of pyridine rings is 2. The summed E-state index contributed by atoms with van der Waals surface area (Å²) < 4.78 is 2.29. The Morgan fingerprint density at radius 1 is 1.11 bits per heavy atom. The minimum Gasteiger partial charge on any atom is -0.352 e. The number of nitrogens with one attached hydrogen (secondary N) is 1. The van der Waals surface area contributed by atoms with Crippen LogP contribution < -0.4 is 5.32 Å². The van der Waals surface area contributed by atoms with Crippen LogP contribution in [0.15, 0.2) is 67.3 Å². The number of nitrogens with zero attached hydrogens (tertiary/aromatic N) is 4. The Morgan fingerprint density at radius 2 is 2.04 bits per heavy atom.